The highest BCUT2D eigenvalue weighted by Crippen LogP contribution is 2.28. The molecule has 0 fully saturated rings. The van der Waals surface area contributed by atoms with Crippen molar-refractivity contribution in [3.63, 3.8) is 0 Å². The van der Waals surface area contributed by atoms with E-state index in [9.17, 15) is 13.2 Å². The Bertz CT molecular complexity index is 312. The van der Waals surface area contributed by atoms with Crippen LogP contribution in [-0.2, 0) is 6.18 Å². The van der Waals surface area contributed by atoms with Gasteiger partial charge in [-0.25, -0.2) is 4.98 Å². The fourth-order valence-electron chi connectivity index (χ4n) is 0.632. The fourth-order valence-corrected chi connectivity index (χ4v) is 0.632. The van der Waals surface area contributed by atoms with Crippen molar-refractivity contribution in [2.45, 2.75) is 6.18 Å². The van der Waals surface area contributed by atoms with Gasteiger partial charge in [-0.2, -0.15) is 18.2 Å². The lowest BCUT2D eigenvalue weighted by atomic mass is 10.4. The van der Waals surface area contributed by atoms with Gasteiger partial charge in [0.1, 0.15) is 0 Å². The van der Waals surface area contributed by atoms with E-state index in [1.807, 2.05) is 6.07 Å². The minimum absolute atomic E-state index is 0.333. The highest BCUT2D eigenvalue weighted by Gasteiger charge is 2.34. The van der Waals surface area contributed by atoms with Crippen molar-refractivity contribution in [3.8, 4) is 5.88 Å². The summed E-state index contributed by atoms with van der Waals surface area (Å²) in [6.45, 7) is 0. The summed E-state index contributed by atoms with van der Waals surface area (Å²) in [6.07, 6.45) is -4.59. The average Bonchev–Trinajstić information content (AvgIpc) is 2.01. The smallest absolute Gasteiger partial charge is 0.434 e. The number of alkyl halides is 3. The van der Waals surface area contributed by atoms with Crippen LogP contribution in [0, 0.1) is 6.07 Å². The van der Waals surface area contributed by atoms with Gasteiger partial charge >= 0.3 is 6.18 Å². The van der Waals surface area contributed by atoms with Crippen molar-refractivity contribution in [1.82, 2.24) is 9.97 Å². The lowest BCUT2D eigenvalue weighted by Crippen LogP contribution is -2.11. The van der Waals surface area contributed by atoms with Crippen LogP contribution >= 0.6 is 0 Å². The van der Waals surface area contributed by atoms with Crippen molar-refractivity contribution >= 4 is 5.95 Å². The van der Waals surface area contributed by atoms with E-state index >= 15 is 0 Å². The predicted molar refractivity (Wildman–Crippen MR) is 36.8 cm³/mol. The lowest BCUT2D eigenvalue weighted by molar-refractivity contribution is -0.141. The van der Waals surface area contributed by atoms with E-state index in [0.29, 0.717) is 0 Å². The van der Waals surface area contributed by atoms with Gasteiger partial charge < -0.3 is 10.5 Å². The van der Waals surface area contributed by atoms with Crippen LogP contribution in [0.15, 0.2) is 0 Å². The molecule has 1 radical (unpaired) electrons. The van der Waals surface area contributed by atoms with Gasteiger partial charge in [0.25, 0.3) is 0 Å². The molecule has 0 saturated carbocycles. The summed E-state index contributed by atoms with van der Waals surface area (Å²) in [7, 11) is 1.17. The monoisotopic (exact) mass is 192 g/mol. The standard InChI is InChI=1S/C6H5F3N3O/c1-13-4-2-3(6(7,8)9)11-5(10)12-4/h1H3,(H2,10,11,12). The zero-order valence-corrected chi connectivity index (χ0v) is 6.51. The molecule has 0 aliphatic rings. The average molecular weight is 192 g/mol. The van der Waals surface area contributed by atoms with Gasteiger partial charge in [-0.05, 0) is 0 Å². The number of ether oxygens (including phenoxy) is 1. The predicted octanol–water partition coefficient (Wildman–Crippen LogP) is 0.886. The second-order valence-electron chi connectivity index (χ2n) is 2.06. The molecule has 4 nitrogen and oxygen atoms in total. The van der Waals surface area contributed by atoms with Crippen LogP contribution in [0.3, 0.4) is 0 Å². The first-order valence-electron chi connectivity index (χ1n) is 3.11. The number of hydrogen-bond acceptors (Lipinski definition) is 4. The molecule has 0 unspecified atom stereocenters. The van der Waals surface area contributed by atoms with Crippen molar-refractivity contribution in [2.24, 2.45) is 0 Å². The number of nitrogens with zero attached hydrogens (tertiary/aromatic N) is 2. The van der Waals surface area contributed by atoms with Crippen LogP contribution in [0.4, 0.5) is 19.1 Å². The number of halogens is 3. The van der Waals surface area contributed by atoms with Crippen molar-refractivity contribution in [1.29, 1.82) is 0 Å². The normalized spacial score (nSPS) is 11.4. The van der Waals surface area contributed by atoms with Gasteiger partial charge in [0, 0.05) is 0 Å². The van der Waals surface area contributed by atoms with E-state index < -0.39 is 17.8 Å². The molecule has 7 heteroatoms. The molecule has 71 valence electrons. The maximum atomic E-state index is 12.1. The van der Waals surface area contributed by atoms with Crippen molar-refractivity contribution in [3.05, 3.63) is 11.8 Å². The Kier molecular flexibility index (Phi) is 2.26. The Morgan fingerprint density at radius 2 is 2.00 bits per heavy atom. The summed E-state index contributed by atoms with van der Waals surface area (Å²) in [5, 5.41) is 0. The van der Waals surface area contributed by atoms with Crippen molar-refractivity contribution in [2.75, 3.05) is 12.8 Å². The molecule has 0 aliphatic heterocycles. The van der Waals surface area contributed by atoms with Crippen molar-refractivity contribution < 1.29 is 17.9 Å². The maximum absolute atomic E-state index is 12.1. The molecule has 0 saturated heterocycles. The van der Waals surface area contributed by atoms with Crippen LogP contribution < -0.4 is 10.5 Å². The van der Waals surface area contributed by atoms with Gasteiger partial charge in [-0.1, -0.05) is 0 Å². The number of nitrogens with two attached hydrogens (primary N) is 1. The Balaban J connectivity index is 3.16. The molecule has 1 aromatic rings. The van der Waals surface area contributed by atoms with Gasteiger partial charge in [0.15, 0.2) is 5.69 Å². The molecule has 1 aromatic heterocycles. The third kappa shape index (κ3) is 2.20. The zero-order valence-electron chi connectivity index (χ0n) is 6.51. The summed E-state index contributed by atoms with van der Waals surface area (Å²) in [4.78, 5) is 6.31. The highest BCUT2D eigenvalue weighted by molar-refractivity contribution is 5.25. The number of anilines is 1. The largest absolute Gasteiger partial charge is 0.480 e. The van der Waals surface area contributed by atoms with E-state index in [0.717, 1.165) is 0 Å². The molecular formula is C6H5F3N3O. The summed E-state index contributed by atoms with van der Waals surface area (Å²) >= 11 is 0. The Hall–Kier alpha value is -1.53. The van der Waals surface area contributed by atoms with Crippen LogP contribution in [-0.4, -0.2) is 17.1 Å². The van der Waals surface area contributed by atoms with Gasteiger partial charge in [-0.3, -0.25) is 0 Å². The lowest BCUT2D eigenvalue weighted by Gasteiger charge is -2.06. The number of hydrogen-bond donors (Lipinski definition) is 1. The zero-order chi connectivity index (χ0) is 10.1. The summed E-state index contributed by atoms with van der Waals surface area (Å²) in [5.41, 5.74) is 3.77. The molecule has 0 atom stereocenters. The van der Waals surface area contributed by atoms with E-state index in [1.165, 1.54) is 7.11 Å². The number of nitrogen functional groups attached to an aromatic ring is 1. The van der Waals surface area contributed by atoms with Gasteiger partial charge in [0.05, 0.1) is 13.2 Å². The second-order valence-corrected chi connectivity index (χ2v) is 2.06. The first-order valence-corrected chi connectivity index (χ1v) is 3.11. The quantitative estimate of drug-likeness (QED) is 0.717. The number of aromatic nitrogens is 2. The Labute approximate surface area is 71.6 Å². The minimum atomic E-state index is -4.59. The molecule has 0 spiro atoms. The van der Waals surface area contributed by atoms with E-state index in [-0.39, 0.29) is 5.88 Å². The topological polar surface area (TPSA) is 61.0 Å². The first-order chi connectivity index (χ1) is 5.93. The fraction of sp³-hybridized carbons (Fsp3) is 0.333. The van der Waals surface area contributed by atoms with Gasteiger partial charge in [0.2, 0.25) is 11.8 Å². The molecule has 2 N–H and O–H groups in total. The molecular weight excluding hydrogens is 187 g/mol. The van der Waals surface area contributed by atoms with E-state index in [2.05, 4.69) is 14.7 Å². The van der Waals surface area contributed by atoms with Crippen LogP contribution in [0.2, 0.25) is 0 Å². The molecule has 1 rings (SSSR count). The molecule has 0 aromatic carbocycles. The molecule has 0 aliphatic carbocycles. The van der Waals surface area contributed by atoms with E-state index in [1.54, 1.807) is 0 Å². The molecule has 0 bridgehead atoms. The summed E-state index contributed by atoms with van der Waals surface area (Å²) < 4.78 is 40.6. The SMILES string of the molecule is COc1[c]c(C(F)(F)F)nc(N)n1. The Morgan fingerprint density at radius 3 is 2.46 bits per heavy atom. The summed E-state index contributed by atoms with van der Waals surface area (Å²) in [5.74, 6) is -0.831. The Morgan fingerprint density at radius 1 is 1.38 bits per heavy atom. The van der Waals surface area contributed by atoms with Crippen LogP contribution in [0.25, 0.3) is 0 Å². The van der Waals surface area contributed by atoms with Crippen LogP contribution in [0.5, 0.6) is 5.88 Å². The first kappa shape index (κ1) is 9.56. The highest BCUT2D eigenvalue weighted by atomic mass is 19.4. The number of rotatable bonds is 1. The molecule has 0 amide bonds. The molecule has 1 heterocycles. The third-order valence-corrected chi connectivity index (χ3v) is 1.13. The molecule has 13 heavy (non-hydrogen) atoms. The second kappa shape index (κ2) is 3.08. The minimum Gasteiger partial charge on any atom is -0.480 e. The van der Waals surface area contributed by atoms with Crippen LogP contribution in [0.1, 0.15) is 5.69 Å². The maximum Gasteiger partial charge on any atom is 0.434 e. The van der Waals surface area contributed by atoms with Gasteiger partial charge in [-0.15, -0.1) is 0 Å². The third-order valence-electron chi connectivity index (χ3n) is 1.13. The number of methoxy groups -OCH3 is 1. The van der Waals surface area contributed by atoms with E-state index in [4.69, 9.17) is 5.73 Å². The summed E-state index contributed by atoms with van der Waals surface area (Å²) in [6, 6.07) is 1.83.